The van der Waals surface area contributed by atoms with Gasteiger partial charge in [0, 0.05) is 18.0 Å². The number of nitrogens with zero attached hydrogens (tertiary/aromatic N) is 4. The van der Waals surface area contributed by atoms with Gasteiger partial charge in [0.05, 0.1) is 12.4 Å². The van der Waals surface area contributed by atoms with Crippen LogP contribution in [0.25, 0.3) is 10.6 Å². The first kappa shape index (κ1) is 13.0. The minimum absolute atomic E-state index is 0.540. The summed E-state index contributed by atoms with van der Waals surface area (Å²) in [5.74, 6) is 0. The lowest BCUT2D eigenvalue weighted by Crippen LogP contribution is -2.23. The monoisotopic (exact) mass is 263 g/mol. The summed E-state index contributed by atoms with van der Waals surface area (Å²) in [5.41, 5.74) is 0.981. The standard InChI is InChI=1S/C12H17N5S/c1-9(2)13-6-3-4-11-16-17-12(18-11)10-5-7-14-15-8-10/h5,7-9,13H,3-4,6H2,1-2H3. The van der Waals surface area contributed by atoms with Gasteiger partial charge in [-0.1, -0.05) is 25.2 Å². The highest BCUT2D eigenvalue weighted by Crippen LogP contribution is 2.22. The van der Waals surface area contributed by atoms with Crippen LogP contribution >= 0.6 is 11.3 Å². The molecule has 18 heavy (non-hydrogen) atoms. The topological polar surface area (TPSA) is 63.6 Å². The average Bonchev–Trinajstić information content (AvgIpc) is 2.84. The first-order valence-electron chi connectivity index (χ1n) is 6.08. The van der Waals surface area contributed by atoms with Crippen LogP contribution in [0.15, 0.2) is 18.5 Å². The molecule has 1 N–H and O–H groups in total. The first-order valence-corrected chi connectivity index (χ1v) is 6.90. The Hall–Kier alpha value is -1.40. The Balaban J connectivity index is 1.87. The lowest BCUT2D eigenvalue weighted by molar-refractivity contribution is 0.569. The van der Waals surface area contributed by atoms with Crippen molar-refractivity contribution >= 4 is 11.3 Å². The summed E-state index contributed by atoms with van der Waals surface area (Å²) in [5, 5.41) is 21.4. The van der Waals surface area contributed by atoms with E-state index in [9.17, 15) is 0 Å². The smallest absolute Gasteiger partial charge is 0.149 e. The Labute approximate surface area is 111 Å². The van der Waals surface area contributed by atoms with Gasteiger partial charge in [0.1, 0.15) is 10.0 Å². The molecule has 0 atom stereocenters. The predicted octanol–water partition coefficient (Wildman–Crippen LogP) is 1.93. The summed E-state index contributed by atoms with van der Waals surface area (Å²) in [6.45, 7) is 5.32. The number of rotatable bonds is 6. The Bertz CT molecular complexity index is 468. The van der Waals surface area contributed by atoms with E-state index in [1.54, 1.807) is 23.7 Å². The van der Waals surface area contributed by atoms with Gasteiger partial charge in [-0.25, -0.2) is 0 Å². The van der Waals surface area contributed by atoms with Crippen LogP contribution < -0.4 is 5.32 Å². The van der Waals surface area contributed by atoms with Crippen molar-refractivity contribution in [1.29, 1.82) is 0 Å². The molecular weight excluding hydrogens is 246 g/mol. The van der Waals surface area contributed by atoms with Crippen molar-refractivity contribution < 1.29 is 0 Å². The van der Waals surface area contributed by atoms with Gasteiger partial charge in [-0.05, 0) is 19.0 Å². The minimum atomic E-state index is 0.540. The highest BCUT2D eigenvalue weighted by atomic mass is 32.1. The summed E-state index contributed by atoms with van der Waals surface area (Å²) in [4.78, 5) is 0. The molecule has 2 rings (SSSR count). The van der Waals surface area contributed by atoms with Gasteiger partial charge < -0.3 is 5.32 Å². The molecule has 0 unspecified atom stereocenters. The van der Waals surface area contributed by atoms with Crippen LogP contribution in [0, 0.1) is 0 Å². The molecule has 2 aromatic heterocycles. The van der Waals surface area contributed by atoms with E-state index in [-0.39, 0.29) is 0 Å². The van der Waals surface area contributed by atoms with Crippen LogP contribution in [0.4, 0.5) is 0 Å². The third-order valence-corrected chi connectivity index (χ3v) is 3.45. The second-order valence-corrected chi connectivity index (χ2v) is 5.41. The van der Waals surface area contributed by atoms with Crippen molar-refractivity contribution in [1.82, 2.24) is 25.7 Å². The normalized spacial score (nSPS) is 11.1. The maximum Gasteiger partial charge on any atom is 0.149 e. The van der Waals surface area contributed by atoms with Gasteiger partial charge in [0.2, 0.25) is 0 Å². The van der Waals surface area contributed by atoms with Crippen molar-refractivity contribution in [3.63, 3.8) is 0 Å². The molecule has 5 nitrogen and oxygen atoms in total. The molecule has 96 valence electrons. The summed E-state index contributed by atoms with van der Waals surface area (Å²) in [6.07, 6.45) is 5.44. The van der Waals surface area contributed by atoms with Crippen molar-refractivity contribution in [2.24, 2.45) is 0 Å². The Morgan fingerprint density at radius 1 is 1.28 bits per heavy atom. The largest absolute Gasteiger partial charge is 0.315 e. The third kappa shape index (κ3) is 3.82. The van der Waals surface area contributed by atoms with Gasteiger partial charge in [-0.2, -0.15) is 10.2 Å². The lowest BCUT2D eigenvalue weighted by atomic mass is 10.3. The van der Waals surface area contributed by atoms with Gasteiger partial charge in [-0.15, -0.1) is 10.2 Å². The fourth-order valence-corrected chi connectivity index (χ4v) is 2.39. The number of hydrogen-bond acceptors (Lipinski definition) is 6. The van der Waals surface area contributed by atoms with Gasteiger partial charge in [-0.3, -0.25) is 0 Å². The van der Waals surface area contributed by atoms with Gasteiger partial charge in [0.15, 0.2) is 0 Å². The molecule has 0 saturated heterocycles. The van der Waals surface area contributed by atoms with E-state index < -0.39 is 0 Å². The molecule has 0 aliphatic rings. The van der Waals surface area contributed by atoms with Crippen LogP contribution in [-0.2, 0) is 6.42 Å². The zero-order valence-electron chi connectivity index (χ0n) is 10.6. The Morgan fingerprint density at radius 3 is 2.89 bits per heavy atom. The highest BCUT2D eigenvalue weighted by molar-refractivity contribution is 7.14. The van der Waals surface area contributed by atoms with Crippen LogP contribution in [-0.4, -0.2) is 33.0 Å². The summed E-state index contributed by atoms with van der Waals surface area (Å²) >= 11 is 1.63. The van der Waals surface area contributed by atoms with E-state index in [1.165, 1.54) is 0 Å². The van der Waals surface area contributed by atoms with E-state index in [0.717, 1.165) is 35.0 Å². The van der Waals surface area contributed by atoms with Crippen molar-refractivity contribution in [3.8, 4) is 10.6 Å². The lowest BCUT2D eigenvalue weighted by Gasteiger charge is -2.05. The van der Waals surface area contributed by atoms with Gasteiger partial charge >= 0.3 is 0 Å². The Morgan fingerprint density at radius 2 is 2.17 bits per heavy atom. The summed E-state index contributed by atoms with van der Waals surface area (Å²) in [7, 11) is 0. The second-order valence-electron chi connectivity index (χ2n) is 4.34. The van der Waals surface area contributed by atoms with E-state index in [1.807, 2.05) is 6.07 Å². The Kier molecular flexibility index (Phi) is 4.72. The van der Waals surface area contributed by atoms with Crippen molar-refractivity contribution in [3.05, 3.63) is 23.5 Å². The number of nitrogens with one attached hydrogen (secondary N) is 1. The number of aromatic nitrogens is 4. The molecular formula is C12H17N5S. The zero-order chi connectivity index (χ0) is 12.8. The summed E-state index contributed by atoms with van der Waals surface area (Å²) < 4.78 is 0. The average molecular weight is 263 g/mol. The SMILES string of the molecule is CC(C)NCCCc1nnc(-c2ccnnc2)s1. The zero-order valence-corrected chi connectivity index (χ0v) is 11.4. The second kappa shape index (κ2) is 6.51. The molecule has 0 amide bonds. The maximum atomic E-state index is 4.20. The molecule has 0 bridgehead atoms. The molecule has 0 radical (unpaired) electrons. The van der Waals surface area contributed by atoms with E-state index in [4.69, 9.17) is 0 Å². The number of hydrogen-bond donors (Lipinski definition) is 1. The van der Waals surface area contributed by atoms with Crippen molar-refractivity contribution in [2.75, 3.05) is 6.54 Å². The molecule has 0 aromatic carbocycles. The molecule has 0 fully saturated rings. The molecule has 2 aromatic rings. The molecule has 0 spiro atoms. The van der Waals surface area contributed by atoms with Crippen LogP contribution in [0.5, 0.6) is 0 Å². The van der Waals surface area contributed by atoms with Gasteiger partial charge in [0.25, 0.3) is 0 Å². The molecule has 0 aliphatic carbocycles. The van der Waals surface area contributed by atoms with Crippen LogP contribution in [0.2, 0.25) is 0 Å². The minimum Gasteiger partial charge on any atom is -0.315 e. The molecule has 6 heteroatoms. The molecule has 2 heterocycles. The van der Waals surface area contributed by atoms with Crippen LogP contribution in [0.3, 0.4) is 0 Å². The first-order chi connectivity index (χ1) is 8.75. The fourth-order valence-electron chi connectivity index (χ4n) is 1.52. The molecule has 0 aliphatic heterocycles. The van der Waals surface area contributed by atoms with E-state index >= 15 is 0 Å². The van der Waals surface area contributed by atoms with E-state index in [2.05, 4.69) is 39.6 Å². The highest BCUT2D eigenvalue weighted by Gasteiger charge is 2.06. The van der Waals surface area contributed by atoms with Crippen LogP contribution in [0.1, 0.15) is 25.3 Å². The predicted molar refractivity (Wildman–Crippen MR) is 72.4 cm³/mol. The maximum absolute atomic E-state index is 4.20. The molecule has 0 saturated carbocycles. The summed E-state index contributed by atoms with van der Waals surface area (Å²) in [6, 6.07) is 2.44. The van der Waals surface area contributed by atoms with E-state index in [0.29, 0.717) is 6.04 Å². The third-order valence-electron chi connectivity index (χ3n) is 2.42. The fraction of sp³-hybridized carbons (Fsp3) is 0.500. The quantitative estimate of drug-likeness (QED) is 0.807. The van der Waals surface area contributed by atoms with Crippen molar-refractivity contribution in [2.45, 2.75) is 32.7 Å². The number of aryl methyl sites for hydroxylation is 1.